The van der Waals surface area contributed by atoms with Gasteiger partial charge in [0, 0.05) is 19.7 Å². The van der Waals surface area contributed by atoms with Gasteiger partial charge in [-0.05, 0) is 27.8 Å². The third kappa shape index (κ3) is 6.90. The highest BCUT2D eigenvalue weighted by Crippen LogP contribution is 2.52. The molecule has 0 radical (unpaired) electrons. The van der Waals surface area contributed by atoms with Gasteiger partial charge in [-0.1, -0.05) is 212 Å². The fraction of sp³-hybridized carbons (Fsp3) is 0.191. The van der Waals surface area contributed by atoms with E-state index in [-0.39, 0.29) is 5.44 Å². The van der Waals surface area contributed by atoms with Crippen molar-refractivity contribution < 1.29 is 18.8 Å². The molecule has 266 valence electrons. The predicted octanol–water partition coefficient (Wildman–Crippen LogP) is 9.68. The van der Waals surface area contributed by atoms with Crippen molar-refractivity contribution in [3.8, 4) is 0 Å². The number of hydrogen-bond acceptors (Lipinski definition) is 4. The first-order valence-corrected chi connectivity index (χ1v) is 21.4. The van der Waals surface area contributed by atoms with Gasteiger partial charge in [0.15, 0.2) is 0 Å². The Labute approximate surface area is 316 Å². The second-order valence-corrected chi connectivity index (χ2v) is 18.9. The Bertz CT molecular complexity index is 1870. The van der Waals surface area contributed by atoms with Crippen LogP contribution in [0.5, 0.6) is 0 Å². The SMILES string of the molecule is COC(c1ccccc1)(c1ccccc1)[C@@H]1OB([C@H](/C=C/c2ccccc2)[Si](C)(C)c2ccccc2)O[C@H]1C(OC)(c1ccccc1)c1ccccc1. The molecule has 6 aromatic carbocycles. The molecule has 7 rings (SSSR count). The monoisotopic (exact) mass is 714 g/mol. The molecule has 53 heavy (non-hydrogen) atoms. The van der Waals surface area contributed by atoms with Crippen molar-refractivity contribution in [2.75, 3.05) is 14.2 Å². The number of methoxy groups -OCH3 is 2. The van der Waals surface area contributed by atoms with E-state index < -0.39 is 38.6 Å². The molecule has 6 aromatic rings. The summed E-state index contributed by atoms with van der Waals surface area (Å²) in [7, 11) is 0.557. The lowest BCUT2D eigenvalue weighted by Crippen LogP contribution is -2.56. The summed E-state index contributed by atoms with van der Waals surface area (Å²) in [4.78, 5) is 0. The largest absolute Gasteiger partial charge is 0.462 e. The van der Waals surface area contributed by atoms with E-state index in [9.17, 15) is 0 Å². The Morgan fingerprint density at radius 3 is 1.17 bits per heavy atom. The van der Waals surface area contributed by atoms with Gasteiger partial charge in [-0.2, -0.15) is 0 Å². The van der Waals surface area contributed by atoms with Crippen LogP contribution in [0.1, 0.15) is 27.8 Å². The first kappa shape index (κ1) is 36.5. The smallest absolute Gasteiger partial charge is 0.402 e. The quantitative estimate of drug-likeness (QED) is 0.112. The normalized spacial score (nSPS) is 17.2. The minimum Gasteiger partial charge on any atom is -0.402 e. The van der Waals surface area contributed by atoms with Crippen LogP contribution in [0.25, 0.3) is 6.08 Å². The number of rotatable bonds is 13. The standard InChI is InChI=1S/C47H47BO4Si/c1-49-46(38-25-13-6-14-26-38,39-27-15-7-16-28-39)44-45(47(50-2,40-29-17-8-18-30-40)41-31-19-9-20-32-41)52-48(51-44)43(36-35-37-23-11-5-12-24-37)53(3,4)42-33-21-10-22-34-42/h5-36,43-45H,1-4H3/b36-35+/t43-,44+,45+/m0/s1. The van der Waals surface area contributed by atoms with Gasteiger partial charge >= 0.3 is 7.12 Å². The predicted molar refractivity (Wildman–Crippen MR) is 220 cm³/mol. The lowest BCUT2D eigenvalue weighted by Gasteiger charge is -2.47. The van der Waals surface area contributed by atoms with E-state index in [4.69, 9.17) is 18.8 Å². The Morgan fingerprint density at radius 2 is 0.830 bits per heavy atom. The van der Waals surface area contributed by atoms with Gasteiger partial charge in [-0.3, -0.25) is 0 Å². The van der Waals surface area contributed by atoms with Gasteiger partial charge in [-0.25, -0.2) is 0 Å². The third-order valence-electron chi connectivity index (χ3n) is 11.0. The van der Waals surface area contributed by atoms with Gasteiger partial charge < -0.3 is 18.8 Å². The molecule has 6 heteroatoms. The molecule has 0 aromatic heterocycles. The van der Waals surface area contributed by atoms with Gasteiger partial charge in [0.2, 0.25) is 0 Å². The van der Waals surface area contributed by atoms with Crippen LogP contribution in [0.4, 0.5) is 0 Å². The summed E-state index contributed by atoms with van der Waals surface area (Å²) in [5.41, 5.74) is 2.74. The second-order valence-electron chi connectivity index (χ2n) is 14.2. The molecule has 1 aliphatic heterocycles. The highest BCUT2D eigenvalue weighted by atomic mass is 28.3. The maximum absolute atomic E-state index is 7.60. The zero-order chi connectivity index (χ0) is 36.7. The summed E-state index contributed by atoms with van der Waals surface area (Å²) >= 11 is 0. The zero-order valence-corrected chi connectivity index (χ0v) is 31.9. The highest BCUT2D eigenvalue weighted by molar-refractivity contribution is 6.98. The Kier molecular flexibility index (Phi) is 11.1. The van der Waals surface area contributed by atoms with Crippen LogP contribution in [0, 0.1) is 0 Å². The van der Waals surface area contributed by atoms with Crippen LogP contribution >= 0.6 is 0 Å². The molecule has 1 fully saturated rings. The summed E-state index contributed by atoms with van der Waals surface area (Å²) < 4.78 is 29.0. The van der Waals surface area contributed by atoms with Crippen molar-refractivity contribution in [3.63, 3.8) is 0 Å². The average molecular weight is 715 g/mol. The van der Waals surface area contributed by atoms with Crippen molar-refractivity contribution in [2.45, 2.75) is 41.9 Å². The van der Waals surface area contributed by atoms with Crippen molar-refractivity contribution in [2.24, 2.45) is 0 Å². The maximum atomic E-state index is 7.60. The summed E-state index contributed by atoms with van der Waals surface area (Å²) in [6, 6.07) is 62.9. The maximum Gasteiger partial charge on any atom is 0.462 e. The van der Waals surface area contributed by atoms with Gasteiger partial charge in [0.25, 0.3) is 0 Å². The summed E-state index contributed by atoms with van der Waals surface area (Å²) in [6.07, 6.45) is 3.19. The molecule has 4 nitrogen and oxygen atoms in total. The van der Waals surface area contributed by atoms with Crippen molar-refractivity contribution in [1.82, 2.24) is 0 Å². The van der Waals surface area contributed by atoms with E-state index in [2.05, 4.69) is 177 Å². The lowest BCUT2D eigenvalue weighted by atomic mass is 9.71. The minimum absolute atomic E-state index is 0.0974. The molecule has 1 heterocycles. The van der Waals surface area contributed by atoms with Crippen LogP contribution in [0.2, 0.25) is 18.5 Å². The summed E-state index contributed by atoms with van der Waals surface area (Å²) in [5.74, 6) is 0. The number of ether oxygens (including phenoxy) is 2. The average Bonchev–Trinajstić information content (AvgIpc) is 3.66. The Hall–Kier alpha value is -4.82. The van der Waals surface area contributed by atoms with E-state index in [0.717, 1.165) is 27.8 Å². The topological polar surface area (TPSA) is 36.9 Å². The van der Waals surface area contributed by atoms with Crippen molar-refractivity contribution in [3.05, 3.63) is 216 Å². The molecular formula is C47H47BO4Si. The minimum atomic E-state index is -2.36. The van der Waals surface area contributed by atoms with Gasteiger partial charge in [0.1, 0.15) is 23.4 Å². The first-order chi connectivity index (χ1) is 25.9. The van der Waals surface area contributed by atoms with Crippen LogP contribution < -0.4 is 5.19 Å². The molecule has 0 aliphatic carbocycles. The number of allylic oxidation sites excluding steroid dienone is 1. The first-order valence-electron chi connectivity index (χ1n) is 18.4. The fourth-order valence-electron chi connectivity index (χ4n) is 8.20. The Balaban J connectivity index is 1.50. The van der Waals surface area contributed by atoms with Crippen LogP contribution in [0.3, 0.4) is 0 Å². The zero-order valence-electron chi connectivity index (χ0n) is 30.9. The van der Waals surface area contributed by atoms with E-state index in [1.54, 1.807) is 14.2 Å². The van der Waals surface area contributed by atoms with E-state index in [1.807, 2.05) is 30.3 Å². The molecular weight excluding hydrogens is 667 g/mol. The van der Waals surface area contributed by atoms with Crippen LogP contribution in [0.15, 0.2) is 188 Å². The van der Waals surface area contributed by atoms with Crippen molar-refractivity contribution in [1.29, 1.82) is 0 Å². The van der Waals surface area contributed by atoms with Crippen LogP contribution in [-0.4, -0.2) is 41.6 Å². The van der Waals surface area contributed by atoms with E-state index >= 15 is 0 Å². The fourth-order valence-corrected chi connectivity index (χ4v) is 11.1. The second kappa shape index (κ2) is 16.0. The van der Waals surface area contributed by atoms with E-state index in [0.29, 0.717) is 0 Å². The Morgan fingerprint density at radius 1 is 0.509 bits per heavy atom. The summed E-state index contributed by atoms with van der Waals surface area (Å²) in [6.45, 7) is 4.82. The van der Waals surface area contributed by atoms with Crippen molar-refractivity contribution >= 4 is 26.5 Å². The number of hydrogen-bond donors (Lipinski definition) is 0. The molecule has 0 bridgehead atoms. The lowest BCUT2D eigenvalue weighted by molar-refractivity contribution is -0.136. The highest BCUT2D eigenvalue weighted by Gasteiger charge is 2.63. The molecule has 0 amide bonds. The summed E-state index contributed by atoms with van der Waals surface area (Å²) in [5, 5.41) is 1.32. The van der Waals surface area contributed by atoms with Crippen LogP contribution in [-0.2, 0) is 30.0 Å². The van der Waals surface area contributed by atoms with E-state index in [1.165, 1.54) is 5.19 Å². The molecule has 1 aliphatic rings. The third-order valence-corrected chi connectivity index (χ3v) is 15.0. The molecule has 3 atom stereocenters. The molecule has 0 spiro atoms. The molecule has 1 saturated heterocycles. The molecule has 0 N–H and O–H groups in total. The number of benzene rings is 6. The van der Waals surface area contributed by atoms with Gasteiger partial charge in [-0.15, -0.1) is 0 Å². The molecule has 0 unspecified atom stereocenters. The van der Waals surface area contributed by atoms with Gasteiger partial charge in [0.05, 0.1) is 8.07 Å². The molecule has 0 saturated carbocycles.